The molecule has 0 unspecified atom stereocenters. The predicted molar refractivity (Wildman–Crippen MR) is 57.3 cm³/mol. The van der Waals surface area contributed by atoms with E-state index in [0.29, 0.717) is 0 Å². The molecule has 1 fully saturated rings. The maximum Gasteiger partial charge on any atom is 0.101 e. The van der Waals surface area contributed by atoms with Crippen molar-refractivity contribution in [1.29, 1.82) is 5.26 Å². The first kappa shape index (κ1) is 9.08. The van der Waals surface area contributed by atoms with Gasteiger partial charge in [0.15, 0.2) is 0 Å². The second-order valence-electron chi connectivity index (χ2n) is 3.83. The summed E-state index contributed by atoms with van der Waals surface area (Å²) in [5, 5.41) is 9.03. The summed E-state index contributed by atoms with van der Waals surface area (Å²) in [6.07, 6.45) is 2.50. The fraction of sp³-hybridized carbons (Fsp3) is 0.417. The number of benzene rings is 1. The number of aryl methyl sites for hydroxylation is 1. The topological polar surface area (TPSA) is 27.0 Å². The largest absolute Gasteiger partial charge is 0.370 e. The molecule has 1 aliphatic rings. The Morgan fingerprint density at radius 1 is 1.29 bits per heavy atom. The van der Waals surface area contributed by atoms with Crippen LogP contribution in [-0.2, 0) is 0 Å². The van der Waals surface area contributed by atoms with Gasteiger partial charge in [-0.15, -0.1) is 0 Å². The van der Waals surface area contributed by atoms with Crippen LogP contribution in [0.3, 0.4) is 0 Å². The maximum atomic E-state index is 9.03. The summed E-state index contributed by atoms with van der Waals surface area (Å²) in [7, 11) is 0. The molecule has 2 heteroatoms. The number of anilines is 1. The van der Waals surface area contributed by atoms with E-state index in [2.05, 4.69) is 23.1 Å². The minimum Gasteiger partial charge on any atom is -0.370 e. The van der Waals surface area contributed by atoms with Gasteiger partial charge in [-0.1, -0.05) is 6.07 Å². The summed E-state index contributed by atoms with van der Waals surface area (Å²) < 4.78 is 0. The number of hydrogen-bond donors (Lipinski definition) is 0. The Bertz CT molecular complexity index is 370. The first-order valence-electron chi connectivity index (χ1n) is 5.07. The molecule has 1 saturated heterocycles. The maximum absolute atomic E-state index is 9.03. The van der Waals surface area contributed by atoms with Gasteiger partial charge in [0, 0.05) is 13.1 Å². The quantitative estimate of drug-likeness (QED) is 0.673. The highest BCUT2D eigenvalue weighted by Gasteiger charge is 2.15. The standard InChI is InChI=1S/C12H14N2/c1-10-4-5-12(11(8-10)9-13)14-6-2-3-7-14/h4-5,8H,2-3,6-7H2,1H3. The van der Waals surface area contributed by atoms with E-state index in [1.54, 1.807) is 0 Å². The van der Waals surface area contributed by atoms with Crippen LogP contribution in [0.15, 0.2) is 18.2 Å². The first-order chi connectivity index (χ1) is 6.81. The summed E-state index contributed by atoms with van der Waals surface area (Å²) in [5.74, 6) is 0. The fourth-order valence-electron chi connectivity index (χ4n) is 1.97. The number of nitriles is 1. The van der Waals surface area contributed by atoms with E-state index >= 15 is 0 Å². The van der Waals surface area contributed by atoms with Gasteiger partial charge in [0.25, 0.3) is 0 Å². The van der Waals surface area contributed by atoms with Crippen LogP contribution in [0.4, 0.5) is 5.69 Å². The molecule has 1 aromatic carbocycles. The molecule has 0 N–H and O–H groups in total. The molecule has 1 aliphatic heterocycles. The highest BCUT2D eigenvalue weighted by atomic mass is 15.1. The Labute approximate surface area is 84.8 Å². The molecule has 0 radical (unpaired) electrons. The van der Waals surface area contributed by atoms with Crippen LogP contribution in [0.2, 0.25) is 0 Å². The van der Waals surface area contributed by atoms with Crippen molar-refractivity contribution in [3.63, 3.8) is 0 Å². The van der Waals surface area contributed by atoms with E-state index in [1.807, 2.05) is 13.0 Å². The van der Waals surface area contributed by atoms with Crippen molar-refractivity contribution < 1.29 is 0 Å². The van der Waals surface area contributed by atoms with E-state index in [4.69, 9.17) is 5.26 Å². The first-order valence-corrected chi connectivity index (χ1v) is 5.07. The molecule has 1 aromatic rings. The minimum absolute atomic E-state index is 0.812. The number of nitrogens with zero attached hydrogens (tertiary/aromatic N) is 2. The Morgan fingerprint density at radius 2 is 2.00 bits per heavy atom. The van der Waals surface area contributed by atoms with E-state index in [9.17, 15) is 0 Å². The van der Waals surface area contributed by atoms with E-state index in [0.717, 1.165) is 29.9 Å². The summed E-state index contributed by atoms with van der Waals surface area (Å²) in [5.41, 5.74) is 3.08. The van der Waals surface area contributed by atoms with Crippen molar-refractivity contribution in [1.82, 2.24) is 0 Å². The molecule has 0 aliphatic carbocycles. The monoisotopic (exact) mass is 186 g/mol. The highest BCUT2D eigenvalue weighted by Crippen LogP contribution is 2.24. The average molecular weight is 186 g/mol. The minimum atomic E-state index is 0.812. The zero-order valence-corrected chi connectivity index (χ0v) is 8.45. The lowest BCUT2D eigenvalue weighted by atomic mass is 10.1. The number of rotatable bonds is 1. The van der Waals surface area contributed by atoms with E-state index in [-0.39, 0.29) is 0 Å². The lowest BCUT2D eigenvalue weighted by Gasteiger charge is -2.18. The van der Waals surface area contributed by atoms with Gasteiger partial charge in [0.05, 0.1) is 11.3 Å². The molecule has 0 atom stereocenters. The molecule has 0 saturated carbocycles. The molecule has 2 nitrogen and oxygen atoms in total. The lowest BCUT2D eigenvalue weighted by molar-refractivity contribution is 0.949. The van der Waals surface area contributed by atoms with Gasteiger partial charge in [0.1, 0.15) is 6.07 Å². The molecule has 2 rings (SSSR count). The highest BCUT2D eigenvalue weighted by molar-refractivity contribution is 5.60. The molecule has 72 valence electrons. The van der Waals surface area contributed by atoms with Gasteiger partial charge in [0.2, 0.25) is 0 Å². The van der Waals surface area contributed by atoms with Crippen molar-refractivity contribution >= 4 is 5.69 Å². The zero-order valence-electron chi connectivity index (χ0n) is 8.45. The van der Waals surface area contributed by atoms with Gasteiger partial charge >= 0.3 is 0 Å². The fourth-order valence-corrected chi connectivity index (χ4v) is 1.97. The molecule has 0 aromatic heterocycles. The third kappa shape index (κ3) is 1.58. The summed E-state index contributed by atoms with van der Waals surface area (Å²) >= 11 is 0. The van der Waals surface area contributed by atoms with Crippen LogP contribution < -0.4 is 4.90 Å². The Balaban J connectivity index is 2.37. The van der Waals surface area contributed by atoms with Crippen LogP contribution in [-0.4, -0.2) is 13.1 Å². The van der Waals surface area contributed by atoms with Crippen LogP contribution >= 0.6 is 0 Å². The van der Waals surface area contributed by atoms with Crippen molar-refractivity contribution in [2.45, 2.75) is 19.8 Å². The smallest absolute Gasteiger partial charge is 0.101 e. The SMILES string of the molecule is Cc1ccc(N2CCCC2)c(C#N)c1. The normalized spacial score (nSPS) is 15.6. The summed E-state index contributed by atoms with van der Waals surface area (Å²) in [6, 6.07) is 8.38. The van der Waals surface area contributed by atoms with Gasteiger partial charge < -0.3 is 4.90 Å². The zero-order chi connectivity index (χ0) is 9.97. The molecular weight excluding hydrogens is 172 g/mol. The number of hydrogen-bond acceptors (Lipinski definition) is 2. The van der Waals surface area contributed by atoms with Crippen molar-refractivity contribution in [2.75, 3.05) is 18.0 Å². The van der Waals surface area contributed by atoms with Crippen LogP contribution in [0.25, 0.3) is 0 Å². The van der Waals surface area contributed by atoms with Crippen molar-refractivity contribution in [3.8, 4) is 6.07 Å². The average Bonchev–Trinajstić information content (AvgIpc) is 2.70. The third-order valence-electron chi connectivity index (χ3n) is 2.72. The van der Waals surface area contributed by atoms with E-state index < -0.39 is 0 Å². The molecule has 0 spiro atoms. The molecule has 0 amide bonds. The second-order valence-corrected chi connectivity index (χ2v) is 3.83. The van der Waals surface area contributed by atoms with Crippen LogP contribution in [0.5, 0.6) is 0 Å². The van der Waals surface area contributed by atoms with Crippen molar-refractivity contribution in [2.24, 2.45) is 0 Å². The lowest BCUT2D eigenvalue weighted by Crippen LogP contribution is -2.18. The predicted octanol–water partition coefficient (Wildman–Crippen LogP) is 2.47. The van der Waals surface area contributed by atoms with Crippen LogP contribution in [0, 0.1) is 18.3 Å². The Hall–Kier alpha value is -1.49. The summed E-state index contributed by atoms with van der Waals surface area (Å²) in [4.78, 5) is 2.30. The van der Waals surface area contributed by atoms with Gasteiger partial charge in [-0.2, -0.15) is 5.26 Å². The molecule has 0 bridgehead atoms. The Kier molecular flexibility index (Phi) is 2.41. The van der Waals surface area contributed by atoms with Crippen LogP contribution in [0.1, 0.15) is 24.0 Å². The van der Waals surface area contributed by atoms with Gasteiger partial charge in [-0.05, 0) is 37.5 Å². The molecular formula is C12H14N2. The van der Waals surface area contributed by atoms with Gasteiger partial charge in [-0.3, -0.25) is 0 Å². The Morgan fingerprint density at radius 3 is 2.64 bits per heavy atom. The van der Waals surface area contributed by atoms with E-state index in [1.165, 1.54) is 12.8 Å². The third-order valence-corrected chi connectivity index (χ3v) is 2.72. The van der Waals surface area contributed by atoms with Gasteiger partial charge in [-0.25, -0.2) is 0 Å². The summed E-state index contributed by atoms with van der Waals surface area (Å²) in [6.45, 7) is 4.21. The van der Waals surface area contributed by atoms with Crippen molar-refractivity contribution in [3.05, 3.63) is 29.3 Å². The molecule has 14 heavy (non-hydrogen) atoms. The molecule has 1 heterocycles. The second kappa shape index (κ2) is 3.71.